The molecule has 4 aromatic carbocycles. The van der Waals surface area contributed by atoms with Crippen molar-refractivity contribution in [2.24, 2.45) is 0 Å². The third-order valence-electron chi connectivity index (χ3n) is 7.59. The van der Waals surface area contributed by atoms with E-state index in [1.165, 1.54) is 12.1 Å². The molecule has 3 atom stereocenters. The Morgan fingerprint density at radius 3 is 1.73 bits per heavy atom. The smallest absolute Gasteiger partial charge is 0.338 e. The molecule has 4 aromatic rings. The monoisotopic (exact) mass is 754 g/mol. The van der Waals surface area contributed by atoms with Gasteiger partial charge in [0, 0.05) is 35.8 Å². The number of rotatable bonds is 16. The van der Waals surface area contributed by atoms with Crippen molar-refractivity contribution in [3.05, 3.63) is 146 Å². The molecule has 0 spiro atoms. The van der Waals surface area contributed by atoms with Gasteiger partial charge in [0.05, 0.1) is 24.9 Å². The molecule has 5 rings (SSSR count). The predicted molar refractivity (Wildman–Crippen MR) is 192 cm³/mol. The summed E-state index contributed by atoms with van der Waals surface area (Å²) in [6.07, 6.45) is -3.32. The van der Waals surface area contributed by atoms with Crippen LogP contribution in [0.1, 0.15) is 35.3 Å². The molecular weight excluding hydrogens is 721 g/mol. The maximum Gasteiger partial charge on any atom is 0.338 e. The van der Waals surface area contributed by atoms with Gasteiger partial charge in [0.15, 0.2) is 5.79 Å². The van der Waals surface area contributed by atoms with Gasteiger partial charge in [-0.3, -0.25) is 24.4 Å². The average Bonchev–Trinajstić information content (AvgIpc) is 3.45. The van der Waals surface area contributed by atoms with Gasteiger partial charge in [-0.15, -0.1) is 23.5 Å². The maximum atomic E-state index is 13.7. The summed E-state index contributed by atoms with van der Waals surface area (Å²) in [7, 11) is -4.60. The van der Waals surface area contributed by atoms with Crippen molar-refractivity contribution >= 4 is 51.0 Å². The number of carbonyl (C=O) groups excluding carboxylic acids is 1. The van der Waals surface area contributed by atoms with Gasteiger partial charge in [-0.05, 0) is 49.2 Å². The van der Waals surface area contributed by atoms with Gasteiger partial charge in [-0.1, -0.05) is 60.7 Å². The van der Waals surface area contributed by atoms with E-state index in [0.29, 0.717) is 11.5 Å². The average molecular weight is 755 g/mol. The third kappa shape index (κ3) is 10.4. The van der Waals surface area contributed by atoms with E-state index < -0.39 is 56.6 Å². The van der Waals surface area contributed by atoms with Gasteiger partial charge in [0.2, 0.25) is 0 Å². The number of non-ortho nitro benzene ring substituents is 2. The molecule has 1 heterocycles. The Kier molecular flexibility index (Phi) is 12.5. The van der Waals surface area contributed by atoms with Crippen LogP contribution in [0, 0.1) is 20.2 Å². The highest BCUT2D eigenvalue weighted by Crippen LogP contribution is 2.43. The lowest BCUT2D eigenvalue weighted by Crippen LogP contribution is -2.45. The van der Waals surface area contributed by atoms with Gasteiger partial charge in [-0.2, -0.15) is 8.42 Å². The molecule has 1 saturated heterocycles. The first kappa shape index (κ1) is 37.9. The van der Waals surface area contributed by atoms with Gasteiger partial charge in [-0.25, -0.2) is 4.79 Å². The molecule has 1 aliphatic heterocycles. The molecule has 0 amide bonds. The first-order chi connectivity index (χ1) is 24.3. The second-order valence-corrected chi connectivity index (χ2v) is 15.9. The van der Waals surface area contributed by atoms with Crippen molar-refractivity contribution in [1.82, 2.24) is 0 Å². The molecule has 0 N–H and O–H groups in total. The summed E-state index contributed by atoms with van der Waals surface area (Å²) in [4.78, 5) is 33.8. The van der Waals surface area contributed by atoms with Gasteiger partial charge >= 0.3 is 5.97 Å². The van der Waals surface area contributed by atoms with Crippen LogP contribution >= 0.6 is 23.5 Å². The lowest BCUT2D eigenvalue weighted by Gasteiger charge is -2.30. The van der Waals surface area contributed by atoms with Crippen molar-refractivity contribution in [2.75, 3.05) is 6.61 Å². The number of esters is 1. The second kappa shape index (κ2) is 16.8. The van der Waals surface area contributed by atoms with Crippen LogP contribution < -0.4 is 0 Å². The van der Waals surface area contributed by atoms with Gasteiger partial charge in [0.1, 0.15) is 24.9 Å². The quantitative estimate of drug-likeness (QED) is 0.0371. The molecule has 0 saturated carbocycles. The Balaban J connectivity index is 1.46. The van der Waals surface area contributed by atoms with Crippen molar-refractivity contribution in [1.29, 1.82) is 0 Å². The Bertz CT molecular complexity index is 1870. The second-order valence-electron chi connectivity index (χ2n) is 11.8. The molecular formula is C35H34N2O11S3. The number of carbonyl (C=O) groups is 1. The van der Waals surface area contributed by atoms with Crippen LogP contribution in [0.3, 0.4) is 0 Å². The summed E-state index contributed by atoms with van der Waals surface area (Å²) < 4.78 is 51.1. The maximum absolute atomic E-state index is 13.7. The number of ether oxygens (including phenoxy) is 3. The first-order valence-electron chi connectivity index (χ1n) is 15.6. The number of hydrogen-bond acceptors (Lipinski definition) is 13. The Morgan fingerprint density at radius 1 is 0.765 bits per heavy atom. The summed E-state index contributed by atoms with van der Waals surface area (Å²) >= 11 is 3.17. The van der Waals surface area contributed by atoms with Gasteiger partial charge in [0.25, 0.3) is 21.5 Å². The number of nitrogens with zero attached hydrogens (tertiary/aromatic N) is 2. The minimum atomic E-state index is -4.60. The van der Waals surface area contributed by atoms with E-state index in [1.807, 2.05) is 60.7 Å². The summed E-state index contributed by atoms with van der Waals surface area (Å²) in [5, 5.41) is 22.3. The normalized spacial score (nSPS) is 17.5. The molecule has 1 fully saturated rings. The lowest BCUT2D eigenvalue weighted by atomic mass is 10.1. The van der Waals surface area contributed by atoms with Crippen LogP contribution in [0.2, 0.25) is 0 Å². The van der Waals surface area contributed by atoms with Crippen molar-refractivity contribution in [2.45, 2.75) is 58.9 Å². The molecule has 1 aliphatic rings. The van der Waals surface area contributed by atoms with E-state index in [-0.39, 0.29) is 26.4 Å². The fourth-order valence-corrected chi connectivity index (χ4v) is 8.91. The molecule has 16 heteroatoms. The van der Waals surface area contributed by atoms with E-state index in [0.717, 1.165) is 47.5 Å². The fraction of sp³-hybridized carbons (Fsp3) is 0.286. The van der Waals surface area contributed by atoms with E-state index >= 15 is 0 Å². The Hall–Kier alpha value is -4.32. The van der Waals surface area contributed by atoms with Crippen LogP contribution in [-0.2, 0) is 40.0 Å². The summed E-state index contributed by atoms with van der Waals surface area (Å²) in [5.41, 5.74) is 1.58. The largest absolute Gasteiger partial charge is 0.459 e. The first-order valence-corrected chi connectivity index (χ1v) is 19.1. The summed E-state index contributed by atoms with van der Waals surface area (Å²) in [6, 6.07) is 28.5. The van der Waals surface area contributed by atoms with Crippen LogP contribution in [0.4, 0.5) is 11.4 Å². The minimum absolute atomic E-state index is 0.00671. The minimum Gasteiger partial charge on any atom is -0.459 e. The molecule has 268 valence electrons. The summed E-state index contributed by atoms with van der Waals surface area (Å²) in [5.74, 6) is -0.881. The Morgan fingerprint density at radius 2 is 1.24 bits per heavy atom. The zero-order chi connectivity index (χ0) is 36.6. The highest BCUT2D eigenvalue weighted by molar-refractivity contribution is 8.16. The van der Waals surface area contributed by atoms with Crippen molar-refractivity contribution in [3.8, 4) is 0 Å². The third-order valence-corrected chi connectivity index (χ3v) is 12.0. The summed E-state index contributed by atoms with van der Waals surface area (Å²) in [6.45, 7) is 2.76. The molecule has 13 nitrogen and oxygen atoms in total. The molecule has 0 aromatic heterocycles. The number of hydrogen-bond donors (Lipinski definition) is 0. The molecule has 51 heavy (non-hydrogen) atoms. The fourth-order valence-electron chi connectivity index (χ4n) is 5.15. The highest BCUT2D eigenvalue weighted by atomic mass is 32.2. The molecule has 0 aliphatic carbocycles. The number of thioether (sulfide) groups is 2. The number of nitro groups is 2. The topological polar surface area (TPSA) is 174 Å². The van der Waals surface area contributed by atoms with Crippen LogP contribution in [-0.4, -0.2) is 59.5 Å². The highest BCUT2D eigenvalue weighted by Gasteiger charge is 2.51. The zero-order valence-corrected chi connectivity index (χ0v) is 29.9. The molecule has 0 radical (unpaired) electrons. The molecule has 0 bridgehead atoms. The van der Waals surface area contributed by atoms with Crippen LogP contribution in [0.5, 0.6) is 0 Å². The van der Waals surface area contributed by atoms with E-state index in [2.05, 4.69) is 0 Å². The zero-order valence-electron chi connectivity index (χ0n) is 27.4. The molecule has 3 unspecified atom stereocenters. The van der Waals surface area contributed by atoms with E-state index in [4.69, 9.17) is 18.4 Å². The lowest BCUT2D eigenvalue weighted by molar-refractivity contribution is -0.385. The van der Waals surface area contributed by atoms with Crippen LogP contribution in [0.25, 0.3) is 0 Å². The Labute approximate surface area is 303 Å². The van der Waals surface area contributed by atoms with E-state index in [1.54, 1.807) is 37.4 Å². The standard InChI is InChI=1S/C35H34N2O11S3/c1-35(2)46-31(32(47-35)34(49-22-24-9-5-3-6-10-24)50-23-25-11-7-4-8-12-25)30(21-45-33(38)26-13-15-27(16-14-26)36(39)40)48-51(43,44)29-19-17-28(18-20-29)37(41)42/h3-20,30-32,34H,21-23H2,1-2H3. The van der Waals surface area contributed by atoms with Crippen LogP contribution in [0.15, 0.2) is 114 Å². The van der Waals surface area contributed by atoms with Crippen molar-refractivity contribution in [3.63, 3.8) is 0 Å². The van der Waals surface area contributed by atoms with Crippen molar-refractivity contribution < 1.29 is 41.5 Å². The van der Waals surface area contributed by atoms with Gasteiger partial charge < -0.3 is 14.2 Å². The number of benzene rings is 4. The predicted octanol–water partition coefficient (Wildman–Crippen LogP) is 7.15. The SMILES string of the molecule is CC1(C)OC(C(COC(=O)c2ccc([N+](=O)[O-])cc2)OS(=O)(=O)c2ccc([N+](=O)[O-])cc2)C(C(SCc2ccccc2)SCc2ccccc2)O1. The van der Waals surface area contributed by atoms with E-state index in [9.17, 15) is 33.4 Å². The number of nitro benzene ring substituents is 2.